The fourth-order valence-corrected chi connectivity index (χ4v) is 6.06. The van der Waals surface area contributed by atoms with Crippen molar-refractivity contribution >= 4 is 12.0 Å². The number of ether oxygens (including phenoxy) is 3. The van der Waals surface area contributed by atoms with E-state index in [9.17, 15) is 4.79 Å². The van der Waals surface area contributed by atoms with E-state index in [0.29, 0.717) is 37.9 Å². The zero-order valence-corrected chi connectivity index (χ0v) is 30.0. The van der Waals surface area contributed by atoms with E-state index in [2.05, 4.69) is 65.1 Å². The lowest BCUT2D eigenvalue weighted by molar-refractivity contribution is -0.127. The molecule has 0 saturated carbocycles. The molecule has 1 aliphatic rings. The molecule has 3 heterocycles. The van der Waals surface area contributed by atoms with Gasteiger partial charge in [0.1, 0.15) is 23.9 Å². The van der Waals surface area contributed by atoms with Crippen LogP contribution in [0.25, 0.3) is 6.08 Å². The summed E-state index contributed by atoms with van der Waals surface area (Å²) in [7, 11) is 0. The Kier molecular flexibility index (Phi) is 11.8. The number of hydrogen-bond acceptors (Lipinski definition) is 7. The first-order valence-corrected chi connectivity index (χ1v) is 17.5. The van der Waals surface area contributed by atoms with Crippen LogP contribution in [-0.4, -0.2) is 58.5 Å². The molecule has 0 aliphatic carbocycles. The average molecular weight is 683 g/mol. The van der Waals surface area contributed by atoms with E-state index in [1.807, 2.05) is 61.2 Å². The maximum atomic E-state index is 13.1. The zero-order valence-electron chi connectivity index (χ0n) is 30.0. The Morgan fingerprint density at radius 2 is 1.43 bits per heavy atom. The Morgan fingerprint density at radius 3 is 2.12 bits per heavy atom. The number of aryl methyl sites for hydroxylation is 4. The lowest BCUT2D eigenvalue weighted by Gasteiger charge is -2.34. The summed E-state index contributed by atoms with van der Waals surface area (Å²) >= 11 is 0. The largest absolute Gasteiger partial charge is 0.493 e. The lowest BCUT2D eigenvalue weighted by atomic mass is 10.1. The summed E-state index contributed by atoms with van der Waals surface area (Å²) in [6.07, 6.45) is 9.59. The van der Waals surface area contributed by atoms with Gasteiger partial charge in [0.2, 0.25) is 11.8 Å². The molecule has 8 heteroatoms. The molecule has 5 aromatic rings. The van der Waals surface area contributed by atoms with Gasteiger partial charge in [-0.25, -0.2) is 4.98 Å². The van der Waals surface area contributed by atoms with Gasteiger partial charge in [0.25, 0.3) is 0 Å². The summed E-state index contributed by atoms with van der Waals surface area (Å²) in [6, 6.07) is 26.6. The highest BCUT2D eigenvalue weighted by Crippen LogP contribution is 2.30. The van der Waals surface area contributed by atoms with Crippen molar-refractivity contribution in [2.45, 2.75) is 47.3 Å². The number of aromatic nitrogens is 2. The third kappa shape index (κ3) is 10.0. The molecule has 8 nitrogen and oxygen atoms in total. The number of carbonyl (C=O) groups is 1. The van der Waals surface area contributed by atoms with Crippen LogP contribution in [0.3, 0.4) is 0 Å². The molecule has 1 aliphatic heterocycles. The summed E-state index contributed by atoms with van der Waals surface area (Å²) in [6.45, 7) is 13.3. The van der Waals surface area contributed by atoms with Gasteiger partial charge in [-0.1, -0.05) is 30.3 Å². The molecule has 2 aromatic heterocycles. The van der Waals surface area contributed by atoms with Crippen molar-refractivity contribution in [3.8, 4) is 23.1 Å². The molecule has 1 amide bonds. The minimum Gasteiger partial charge on any atom is -0.493 e. The number of piperazine rings is 1. The molecule has 0 N–H and O–H groups in total. The zero-order chi connectivity index (χ0) is 35.6. The fourth-order valence-electron chi connectivity index (χ4n) is 6.06. The second kappa shape index (κ2) is 17.0. The Labute approximate surface area is 301 Å². The normalized spacial score (nSPS) is 13.4. The van der Waals surface area contributed by atoms with Crippen molar-refractivity contribution in [3.05, 3.63) is 148 Å². The summed E-state index contributed by atoms with van der Waals surface area (Å²) < 4.78 is 17.9. The summed E-state index contributed by atoms with van der Waals surface area (Å²) in [5, 5.41) is 0. The third-order valence-electron chi connectivity index (χ3n) is 9.22. The number of hydrogen-bond donors (Lipinski definition) is 0. The van der Waals surface area contributed by atoms with Gasteiger partial charge in [-0.05, 0) is 121 Å². The first kappa shape index (κ1) is 35.4. The van der Waals surface area contributed by atoms with Gasteiger partial charge in [-0.15, -0.1) is 0 Å². The lowest BCUT2D eigenvalue weighted by Crippen LogP contribution is -2.47. The van der Waals surface area contributed by atoms with Crippen molar-refractivity contribution in [1.29, 1.82) is 0 Å². The summed E-state index contributed by atoms with van der Waals surface area (Å²) in [5.41, 5.74) is 9.00. The highest BCUT2D eigenvalue weighted by Gasteiger charge is 2.20. The first-order chi connectivity index (χ1) is 24.8. The van der Waals surface area contributed by atoms with E-state index < -0.39 is 0 Å². The van der Waals surface area contributed by atoms with Crippen LogP contribution in [0, 0.1) is 27.7 Å². The third-order valence-corrected chi connectivity index (χ3v) is 9.22. The Bertz CT molecular complexity index is 1910. The smallest absolute Gasteiger partial charge is 0.246 e. The van der Waals surface area contributed by atoms with Crippen molar-refractivity contribution in [2.24, 2.45) is 0 Å². The maximum absolute atomic E-state index is 13.1. The van der Waals surface area contributed by atoms with Crippen LogP contribution in [-0.2, 0) is 24.4 Å². The Morgan fingerprint density at radius 1 is 0.725 bits per heavy atom. The van der Waals surface area contributed by atoms with Crippen LogP contribution in [0.4, 0.5) is 0 Å². The molecule has 0 spiro atoms. The number of amides is 1. The molecule has 0 radical (unpaired) electrons. The molecule has 6 rings (SSSR count). The van der Waals surface area contributed by atoms with E-state index in [-0.39, 0.29) is 5.91 Å². The standard InChI is InChI=1S/C43H46N4O4/c1-31-5-11-39(27-32(31)2)49-24-17-35-6-8-36(9-7-35)29-46-20-22-47(23-21-46)42(48)14-10-38-25-33(3)43(34(4)26-38)51-41-13-12-40(28-45-41)50-30-37-15-18-44-19-16-37/h5-16,18-19,25-28H,17,20-24,29-30H2,1-4H3/b14-10+. The van der Waals surface area contributed by atoms with E-state index in [1.165, 1.54) is 22.3 Å². The highest BCUT2D eigenvalue weighted by molar-refractivity contribution is 5.92. The van der Waals surface area contributed by atoms with Gasteiger partial charge >= 0.3 is 0 Å². The second-order valence-corrected chi connectivity index (χ2v) is 13.2. The van der Waals surface area contributed by atoms with Crippen LogP contribution in [0.1, 0.15) is 44.5 Å². The molecular weight excluding hydrogens is 636 g/mol. The van der Waals surface area contributed by atoms with Crippen LogP contribution in [0.15, 0.2) is 104 Å². The van der Waals surface area contributed by atoms with Crippen LogP contribution >= 0.6 is 0 Å². The molecule has 0 atom stereocenters. The fraction of sp³-hybridized carbons (Fsp3) is 0.279. The van der Waals surface area contributed by atoms with Gasteiger partial charge < -0.3 is 19.1 Å². The molecule has 3 aromatic carbocycles. The number of pyridine rings is 2. The summed E-state index contributed by atoms with van der Waals surface area (Å²) in [4.78, 5) is 25.9. The predicted molar refractivity (Wildman–Crippen MR) is 201 cm³/mol. The topological polar surface area (TPSA) is 77.0 Å². The summed E-state index contributed by atoms with van der Waals surface area (Å²) in [5.74, 6) is 2.87. The molecule has 262 valence electrons. The van der Waals surface area contributed by atoms with E-state index in [1.54, 1.807) is 30.7 Å². The number of rotatable bonds is 13. The van der Waals surface area contributed by atoms with Gasteiger partial charge in [0.05, 0.1) is 12.8 Å². The molecule has 0 bridgehead atoms. The van der Waals surface area contributed by atoms with E-state index >= 15 is 0 Å². The first-order valence-electron chi connectivity index (χ1n) is 17.5. The highest BCUT2D eigenvalue weighted by atomic mass is 16.5. The molecular formula is C43H46N4O4. The molecule has 0 unspecified atom stereocenters. The van der Waals surface area contributed by atoms with E-state index in [0.717, 1.165) is 59.8 Å². The quantitative estimate of drug-likeness (QED) is 0.116. The Hall–Kier alpha value is -5.47. The van der Waals surface area contributed by atoms with Crippen molar-refractivity contribution in [1.82, 2.24) is 19.8 Å². The SMILES string of the molecule is Cc1ccc(OCCc2ccc(CN3CCN(C(=O)/C=C/c4cc(C)c(Oc5ccc(OCc6ccncc6)cn5)c(C)c4)CC3)cc2)cc1C. The Balaban J connectivity index is 0.931. The monoisotopic (exact) mass is 682 g/mol. The minimum atomic E-state index is 0.0353. The van der Waals surface area contributed by atoms with Gasteiger partial charge in [0.15, 0.2) is 0 Å². The molecule has 1 fully saturated rings. The van der Waals surface area contributed by atoms with E-state index in [4.69, 9.17) is 14.2 Å². The van der Waals surface area contributed by atoms with Crippen LogP contribution < -0.4 is 14.2 Å². The minimum absolute atomic E-state index is 0.0353. The van der Waals surface area contributed by atoms with Crippen molar-refractivity contribution < 1.29 is 19.0 Å². The number of nitrogens with zero attached hydrogens (tertiary/aromatic N) is 4. The second-order valence-electron chi connectivity index (χ2n) is 13.2. The van der Waals surface area contributed by atoms with Crippen LogP contribution in [0.5, 0.6) is 23.1 Å². The average Bonchev–Trinajstić information content (AvgIpc) is 3.14. The van der Waals surface area contributed by atoms with Gasteiger partial charge in [0, 0.05) is 63.7 Å². The van der Waals surface area contributed by atoms with Crippen molar-refractivity contribution in [2.75, 3.05) is 32.8 Å². The number of carbonyl (C=O) groups excluding carboxylic acids is 1. The predicted octanol–water partition coefficient (Wildman–Crippen LogP) is 8.06. The molecule has 51 heavy (non-hydrogen) atoms. The van der Waals surface area contributed by atoms with Crippen LogP contribution in [0.2, 0.25) is 0 Å². The molecule has 1 saturated heterocycles. The maximum Gasteiger partial charge on any atom is 0.246 e. The van der Waals surface area contributed by atoms with Crippen molar-refractivity contribution in [3.63, 3.8) is 0 Å². The van der Waals surface area contributed by atoms with Gasteiger partial charge in [-0.3, -0.25) is 14.7 Å². The number of benzene rings is 3. The van der Waals surface area contributed by atoms with Gasteiger partial charge in [-0.2, -0.15) is 0 Å².